The topological polar surface area (TPSA) is 57.2 Å². The van der Waals surface area contributed by atoms with E-state index in [0.717, 1.165) is 58.1 Å². The Labute approximate surface area is 261 Å². The summed E-state index contributed by atoms with van der Waals surface area (Å²) in [5.41, 5.74) is 2.35. The normalized spacial score (nSPS) is 20.1. The molecule has 0 radical (unpaired) electrons. The maximum atomic E-state index is 12.0. The van der Waals surface area contributed by atoms with Gasteiger partial charge in [0.1, 0.15) is 6.10 Å². The number of hydrogen-bond acceptors (Lipinski definition) is 6. The van der Waals surface area contributed by atoms with Crippen molar-refractivity contribution in [2.45, 2.75) is 128 Å². The predicted molar refractivity (Wildman–Crippen MR) is 174 cm³/mol. The Hall–Kier alpha value is -2.25. The van der Waals surface area contributed by atoms with Crippen LogP contribution in [0.3, 0.4) is 0 Å². The van der Waals surface area contributed by atoms with E-state index < -0.39 is 0 Å². The minimum atomic E-state index is -0.0715. The number of nitrogens with zero attached hydrogens (tertiary/aromatic N) is 1. The molecule has 2 aromatic rings. The molecule has 240 valence electrons. The first-order valence-corrected chi connectivity index (χ1v) is 16.9. The highest BCUT2D eigenvalue weighted by Crippen LogP contribution is 2.33. The number of ether oxygens (including phenoxy) is 4. The molecular weight excluding hydrogens is 538 g/mol. The first kappa shape index (κ1) is 35.2. The van der Waals surface area contributed by atoms with Crippen LogP contribution in [-0.2, 0) is 37.0 Å². The molecule has 1 saturated carbocycles. The summed E-state index contributed by atoms with van der Waals surface area (Å²) in [4.78, 5) is 14.4. The Kier molecular flexibility index (Phi) is 17.6. The van der Waals surface area contributed by atoms with Crippen LogP contribution in [0.2, 0.25) is 0 Å². The lowest BCUT2D eigenvalue weighted by atomic mass is 10.1. The highest BCUT2D eigenvalue weighted by molar-refractivity contribution is 5.69. The molecule has 0 aromatic heterocycles. The number of benzene rings is 2. The van der Waals surface area contributed by atoms with E-state index in [9.17, 15) is 4.79 Å². The van der Waals surface area contributed by atoms with Crippen LogP contribution < -0.4 is 0 Å². The fraction of sp³-hybridized carbons (Fsp3) is 0.649. The number of hydrogen-bond donors (Lipinski definition) is 0. The van der Waals surface area contributed by atoms with Crippen molar-refractivity contribution in [2.75, 3.05) is 26.8 Å². The smallest absolute Gasteiger partial charge is 0.305 e. The summed E-state index contributed by atoms with van der Waals surface area (Å²) in [6.45, 7) is 7.70. The van der Waals surface area contributed by atoms with Gasteiger partial charge in [-0.15, -0.1) is 0 Å². The van der Waals surface area contributed by atoms with Gasteiger partial charge in [-0.2, -0.15) is 0 Å². The number of carbonyl (C=O) groups excluding carboxylic acids is 1. The maximum Gasteiger partial charge on any atom is 0.305 e. The zero-order chi connectivity index (χ0) is 30.5. The third kappa shape index (κ3) is 13.5. The zero-order valence-corrected chi connectivity index (χ0v) is 27.1. The van der Waals surface area contributed by atoms with Gasteiger partial charge in [-0.1, -0.05) is 113 Å². The number of esters is 1. The number of carbonyl (C=O) groups is 1. The van der Waals surface area contributed by atoms with Crippen LogP contribution in [0.5, 0.6) is 0 Å². The Balaban J connectivity index is 1.63. The first-order valence-electron chi connectivity index (χ1n) is 16.9. The molecule has 0 amide bonds. The molecule has 0 saturated heterocycles. The van der Waals surface area contributed by atoms with E-state index in [4.69, 9.17) is 18.9 Å². The molecule has 0 unspecified atom stereocenters. The van der Waals surface area contributed by atoms with Crippen LogP contribution in [0, 0.1) is 0 Å². The van der Waals surface area contributed by atoms with E-state index in [0.29, 0.717) is 26.2 Å². The van der Waals surface area contributed by atoms with Gasteiger partial charge in [-0.05, 0) is 50.4 Å². The van der Waals surface area contributed by atoms with Crippen molar-refractivity contribution in [3.05, 3.63) is 71.8 Å². The molecule has 0 heterocycles. The minimum absolute atomic E-state index is 0.00427. The van der Waals surface area contributed by atoms with Gasteiger partial charge in [0, 0.05) is 19.4 Å². The molecule has 1 aliphatic carbocycles. The molecule has 0 spiro atoms. The van der Waals surface area contributed by atoms with Gasteiger partial charge in [0.25, 0.3) is 0 Å². The van der Waals surface area contributed by atoms with E-state index in [1.54, 1.807) is 0 Å². The SMILES string of the molecule is CCCCCCCO[C@@H]1[C@H](N(C)CCCCCC(=O)OCCCC)[C@H](OCc2ccccc2)C[C@@H]1OCc1ccccc1. The van der Waals surface area contributed by atoms with Gasteiger partial charge >= 0.3 is 5.97 Å². The molecule has 0 bridgehead atoms. The van der Waals surface area contributed by atoms with Gasteiger partial charge in [-0.3, -0.25) is 9.69 Å². The summed E-state index contributed by atoms with van der Waals surface area (Å²) in [7, 11) is 2.19. The van der Waals surface area contributed by atoms with Crippen LogP contribution in [0.4, 0.5) is 0 Å². The second-order valence-electron chi connectivity index (χ2n) is 12.0. The summed E-state index contributed by atoms with van der Waals surface area (Å²) < 4.78 is 25.2. The van der Waals surface area contributed by atoms with E-state index in [1.807, 2.05) is 12.1 Å². The molecule has 6 heteroatoms. The van der Waals surface area contributed by atoms with Crippen LogP contribution in [0.1, 0.15) is 102 Å². The van der Waals surface area contributed by atoms with Gasteiger partial charge in [0.05, 0.1) is 38.1 Å². The van der Waals surface area contributed by atoms with Crippen LogP contribution >= 0.6 is 0 Å². The maximum absolute atomic E-state index is 12.0. The van der Waals surface area contributed by atoms with Crippen LogP contribution in [0.15, 0.2) is 60.7 Å². The lowest BCUT2D eigenvalue weighted by Gasteiger charge is -2.34. The van der Waals surface area contributed by atoms with Gasteiger partial charge in [-0.25, -0.2) is 0 Å². The largest absolute Gasteiger partial charge is 0.466 e. The van der Waals surface area contributed by atoms with Gasteiger partial charge in [0.15, 0.2) is 0 Å². The quantitative estimate of drug-likeness (QED) is 0.0955. The number of rotatable bonds is 23. The average Bonchev–Trinajstić information content (AvgIpc) is 3.38. The van der Waals surface area contributed by atoms with Crippen molar-refractivity contribution in [2.24, 2.45) is 0 Å². The molecule has 0 aliphatic heterocycles. The number of likely N-dealkylation sites (N-methyl/N-ethyl adjacent to an activating group) is 1. The molecule has 6 nitrogen and oxygen atoms in total. The van der Waals surface area contributed by atoms with Crippen molar-refractivity contribution in [1.82, 2.24) is 4.90 Å². The van der Waals surface area contributed by atoms with Crippen molar-refractivity contribution < 1.29 is 23.7 Å². The zero-order valence-electron chi connectivity index (χ0n) is 27.1. The highest BCUT2D eigenvalue weighted by Gasteiger charge is 2.47. The summed E-state index contributed by atoms with van der Waals surface area (Å²) in [5, 5.41) is 0. The Morgan fingerprint density at radius 2 is 1.30 bits per heavy atom. The second kappa shape index (κ2) is 21.5. The van der Waals surface area contributed by atoms with E-state index in [-0.39, 0.29) is 30.3 Å². The fourth-order valence-corrected chi connectivity index (χ4v) is 5.84. The molecule has 1 aliphatic rings. The third-order valence-electron chi connectivity index (χ3n) is 8.38. The van der Waals surface area contributed by atoms with E-state index in [2.05, 4.69) is 74.3 Å². The van der Waals surface area contributed by atoms with Crippen LogP contribution in [0.25, 0.3) is 0 Å². The molecule has 3 rings (SSSR count). The molecule has 43 heavy (non-hydrogen) atoms. The molecular formula is C37H57NO5. The van der Waals surface area contributed by atoms with Crippen molar-refractivity contribution in [1.29, 1.82) is 0 Å². The molecule has 1 fully saturated rings. The second-order valence-corrected chi connectivity index (χ2v) is 12.0. The third-order valence-corrected chi connectivity index (χ3v) is 8.38. The molecule has 2 aromatic carbocycles. The standard InChI is InChI=1S/C37H57NO5/c1-4-6-8-9-19-27-41-37-34(43-30-32-22-15-11-16-23-32)28-33(42-29-31-20-13-10-14-21-31)36(37)38(3)25-18-12-17-24-35(39)40-26-7-5-2/h10-11,13-16,20-23,33-34,36-37H,4-9,12,17-19,24-30H2,1-3H3/t33-,34+,36-,37+/m1/s1. The monoisotopic (exact) mass is 595 g/mol. The predicted octanol–water partition coefficient (Wildman–Crippen LogP) is 8.12. The Morgan fingerprint density at radius 1 is 0.698 bits per heavy atom. The molecule has 4 atom stereocenters. The summed E-state index contributed by atoms with van der Waals surface area (Å²) in [5.74, 6) is -0.0715. The fourth-order valence-electron chi connectivity index (χ4n) is 5.84. The summed E-state index contributed by atoms with van der Waals surface area (Å²) >= 11 is 0. The lowest BCUT2D eigenvalue weighted by molar-refractivity contribution is -0.143. The van der Waals surface area contributed by atoms with E-state index >= 15 is 0 Å². The van der Waals surface area contributed by atoms with Crippen molar-refractivity contribution >= 4 is 5.97 Å². The minimum Gasteiger partial charge on any atom is -0.466 e. The van der Waals surface area contributed by atoms with Gasteiger partial charge in [0.2, 0.25) is 0 Å². The van der Waals surface area contributed by atoms with Gasteiger partial charge < -0.3 is 18.9 Å². The summed E-state index contributed by atoms with van der Waals surface area (Å²) in [6.07, 6.45) is 12.1. The van der Waals surface area contributed by atoms with Crippen molar-refractivity contribution in [3.8, 4) is 0 Å². The van der Waals surface area contributed by atoms with E-state index in [1.165, 1.54) is 36.8 Å². The Bertz CT molecular complexity index is 971. The summed E-state index contributed by atoms with van der Waals surface area (Å²) in [6, 6.07) is 20.9. The average molecular weight is 596 g/mol. The lowest BCUT2D eigenvalue weighted by Crippen LogP contribution is -2.48. The number of unbranched alkanes of at least 4 members (excludes halogenated alkanes) is 7. The van der Waals surface area contributed by atoms with Crippen molar-refractivity contribution in [3.63, 3.8) is 0 Å². The van der Waals surface area contributed by atoms with Crippen LogP contribution in [-0.4, -0.2) is 62.0 Å². The highest BCUT2D eigenvalue weighted by atomic mass is 16.6. The Morgan fingerprint density at radius 3 is 1.95 bits per heavy atom. The first-order chi connectivity index (χ1) is 21.1. The molecule has 0 N–H and O–H groups in total.